The molecule has 4 rings (SSSR count). The fourth-order valence-corrected chi connectivity index (χ4v) is 3.16. The molecule has 1 amide bonds. The van der Waals surface area contributed by atoms with Crippen molar-refractivity contribution in [2.75, 3.05) is 39.4 Å². The maximum absolute atomic E-state index is 12.8. The largest absolute Gasteiger partial charge is 0.463 e. The van der Waals surface area contributed by atoms with Crippen molar-refractivity contribution in [3.63, 3.8) is 0 Å². The Kier molecular flexibility index (Phi) is 4.95. The predicted octanol–water partition coefficient (Wildman–Crippen LogP) is 2.56. The summed E-state index contributed by atoms with van der Waals surface area (Å²) in [5.74, 6) is 0.558. The summed E-state index contributed by atoms with van der Waals surface area (Å²) in [5.41, 5.74) is 2.05. The second-order valence-corrected chi connectivity index (χ2v) is 6.26. The molecule has 0 aliphatic carbocycles. The van der Waals surface area contributed by atoms with Gasteiger partial charge in [-0.2, -0.15) is 0 Å². The first-order valence-electron chi connectivity index (χ1n) is 8.83. The van der Waals surface area contributed by atoms with Gasteiger partial charge in [-0.05, 0) is 24.3 Å². The van der Waals surface area contributed by atoms with Gasteiger partial charge in [-0.1, -0.05) is 18.2 Å². The highest BCUT2D eigenvalue weighted by Gasteiger charge is 2.15. The summed E-state index contributed by atoms with van der Waals surface area (Å²) in [7, 11) is 0. The quantitative estimate of drug-likeness (QED) is 0.765. The van der Waals surface area contributed by atoms with Crippen LogP contribution in [0.4, 0.5) is 0 Å². The molecule has 2 aromatic heterocycles. The van der Waals surface area contributed by atoms with Gasteiger partial charge in [-0.25, -0.2) is 4.98 Å². The van der Waals surface area contributed by atoms with Crippen LogP contribution < -0.4 is 5.32 Å². The molecule has 134 valence electrons. The first kappa shape index (κ1) is 16.8. The van der Waals surface area contributed by atoms with Gasteiger partial charge < -0.3 is 14.5 Å². The van der Waals surface area contributed by atoms with E-state index in [1.807, 2.05) is 36.4 Å². The van der Waals surface area contributed by atoms with Gasteiger partial charge in [0.25, 0.3) is 5.91 Å². The van der Waals surface area contributed by atoms with Gasteiger partial charge >= 0.3 is 0 Å². The normalized spacial score (nSPS) is 15.2. The zero-order valence-electron chi connectivity index (χ0n) is 14.5. The van der Waals surface area contributed by atoms with Gasteiger partial charge in [-0.3, -0.25) is 9.69 Å². The second kappa shape index (κ2) is 7.68. The fraction of sp³-hybridized carbons (Fsp3) is 0.300. The molecular formula is C20H21N3O3. The van der Waals surface area contributed by atoms with Crippen LogP contribution in [0.3, 0.4) is 0 Å². The van der Waals surface area contributed by atoms with Crippen LogP contribution in [0.25, 0.3) is 22.4 Å². The zero-order valence-corrected chi connectivity index (χ0v) is 14.5. The van der Waals surface area contributed by atoms with E-state index >= 15 is 0 Å². The van der Waals surface area contributed by atoms with E-state index in [0.29, 0.717) is 23.6 Å². The summed E-state index contributed by atoms with van der Waals surface area (Å²) in [5, 5.41) is 3.87. The van der Waals surface area contributed by atoms with Gasteiger partial charge in [0.2, 0.25) is 0 Å². The van der Waals surface area contributed by atoms with Crippen molar-refractivity contribution >= 4 is 16.8 Å². The molecular weight excluding hydrogens is 330 g/mol. The SMILES string of the molecule is O=C(NCCN1CCOCC1)c1cc(-c2ccco2)nc2ccccc12. The first-order valence-corrected chi connectivity index (χ1v) is 8.83. The molecule has 26 heavy (non-hydrogen) atoms. The lowest BCUT2D eigenvalue weighted by atomic mass is 10.1. The van der Waals surface area contributed by atoms with E-state index in [1.165, 1.54) is 0 Å². The number of ether oxygens (including phenoxy) is 1. The summed E-state index contributed by atoms with van der Waals surface area (Å²) < 4.78 is 10.8. The van der Waals surface area contributed by atoms with Crippen LogP contribution >= 0.6 is 0 Å². The molecule has 0 unspecified atom stereocenters. The third-order valence-corrected chi connectivity index (χ3v) is 4.55. The maximum atomic E-state index is 12.8. The van der Waals surface area contributed by atoms with Crippen LogP contribution in [0.1, 0.15) is 10.4 Å². The molecule has 3 aromatic rings. The number of carbonyl (C=O) groups is 1. The molecule has 1 aliphatic rings. The van der Waals surface area contributed by atoms with E-state index in [9.17, 15) is 4.79 Å². The van der Waals surface area contributed by atoms with Crippen LogP contribution in [-0.2, 0) is 4.74 Å². The number of pyridine rings is 1. The molecule has 1 N–H and O–H groups in total. The number of fused-ring (bicyclic) bond motifs is 1. The summed E-state index contributed by atoms with van der Waals surface area (Å²) in [6.07, 6.45) is 1.61. The Labute approximate surface area is 151 Å². The highest BCUT2D eigenvalue weighted by Crippen LogP contribution is 2.25. The molecule has 3 heterocycles. The summed E-state index contributed by atoms with van der Waals surface area (Å²) in [4.78, 5) is 19.7. The van der Waals surface area contributed by atoms with Crippen LogP contribution in [0, 0.1) is 0 Å². The van der Waals surface area contributed by atoms with Crippen molar-refractivity contribution in [3.05, 3.63) is 54.3 Å². The molecule has 0 saturated carbocycles. The van der Waals surface area contributed by atoms with Crippen molar-refractivity contribution in [1.82, 2.24) is 15.2 Å². The number of benzene rings is 1. The van der Waals surface area contributed by atoms with Gasteiger partial charge in [0, 0.05) is 31.6 Å². The fourth-order valence-electron chi connectivity index (χ4n) is 3.16. The number of hydrogen-bond acceptors (Lipinski definition) is 5. The van der Waals surface area contributed by atoms with Gasteiger partial charge in [0.15, 0.2) is 5.76 Å². The maximum Gasteiger partial charge on any atom is 0.252 e. The smallest absolute Gasteiger partial charge is 0.252 e. The second-order valence-electron chi connectivity index (χ2n) is 6.26. The average Bonchev–Trinajstić information content (AvgIpc) is 3.23. The molecule has 1 aromatic carbocycles. The van der Waals surface area contributed by atoms with Crippen molar-refractivity contribution in [2.24, 2.45) is 0 Å². The van der Waals surface area contributed by atoms with Crippen molar-refractivity contribution in [1.29, 1.82) is 0 Å². The Morgan fingerprint density at radius 1 is 1.15 bits per heavy atom. The number of morpholine rings is 1. The first-order chi connectivity index (χ1) is 12.8. The highest BCUT2D eigenvalue weighted by molar-refractivity contribution is 6.07. The van der Waals surface area contributed by atoms with Gasteiger partial charge in [-0.15, -0.1) is 0 Å². The third-order valence-electron chi connectivity index (χ3n) is 4.55. The number of furan rings is 1. The van der Waals surface area contributed by atoms with E-state index in [4.69, 9.17) is 9.15 Å². The van der Waals surface area contributed by atoms with E-state index in [0.717, 1.165) is 43.8 Å². The minimum absolute atomic E-state index is 0.0929. The highest BCUT2D eigenvalue weighted by atomic mass is 16.5. The molecule has 1 fully saturated rings. The Bertz CT molecular complexity index is 886. The van der Waals surface area contributed by atoms with E-state index < -0.39 is 0 Å². The number of nitrogens with one attached hydrogen (secondary N) is 1. The molecule has 0 spiro atoms. The summed E-state index contributed by atoms with van der Waals surface area (Å²) in [6, 6.07) is 13.1. The molecule has 0 radical (unpaired) electrons. The van der Waals surface area contributed by atoms with E-state index in [1.54, 1.807) is 12.3 Å². The number of carbonyl (C=O) groups excluding carboxylic acids is 1. The third kappa shape index (κ3) is 3.61. The minimum Gasteiger partial charge on any atom is -0.463 e. The predicted molar refractivity (Wildman–Crippen MR) is 99.0 cm³/mol. The lowest BCUT2D eigenvalue weighted by Gasteiger charge is -2.26. The summed E-state index contributed by atoms with van der Waals surface area (Å²) in [6.45, 7) is 4.77. The molecule has 1 saturated heterocycles. The number of amides is 1. The number of aromatic nitrogens is 1. The summed E-state index contributed by atoms with van der Waals surface area (Å²) >= 11 is 0. The van der Waals surface area contributed by atoms with Crippen LogP contribution in [0.2, 0.25) is 0 Å². The lowest BCUT2D eigenvalue weighted by molar-refractivity contribution is 0.0383. The van der Waals surface area contributed by atoms with Crippen molar-refractivity contribution in [3.8, 4) is 11.5 Å². The Hall–Kier alpha value is -2.70. The molecule has 6 nitrogen and oxygen atoms in total. The average molecular weight is 351 g/mol. The molecule has 6 heteroatoms. The van der Waals surface area contributed by atoms with Crippen LogP contribution in [-0.4, -0.2) is 55.2 Å². The van der Waals surface area contributed by atoms with E-state index in [2.05, 4.69) is 15.2 Å². The number of nitrogens with zero attached hydrogens (tertiary/aromatic N) is 2. The van der Waals surface area contributed by atoms with Crippen molar-refractivity contribution < 1.29 is 13.9 Å². The number of rotatable bonds is 5. The van der Waals surface area contributed by atoms with Crippen LogP contribution in [0.15, 0.2) is 53.1 Å². The minimum atomic E-state index is -0.0929. The Morgan fingerprint density at radius 3 is 2.81 bits per heavy atom. The molecule has 0 atom stereocenters. The monoisotopic (exact) mass is 351 g/mol. The van der Waals surface area contributed by atoms with Gasteiger partial charge in [0.05, 0.1) is 30.6 Å². The zero-order chi connectivity index (χ0) is 17.8. The van der Waals surface area contributed by atoms with E-state index in [-0.39, 0.29) is 5.91 Å². The standard InChI is InChI=1S/C20H21N3O3/c24-20(21-7-8-23-9-12-25-13-10-23)16-14-18(19-6-3-11-26-19)22-17-5-2-1-4-15(16)17/h1-6,11,14H,7-10,12-13H2,(H,21,24). The Balaban J connectivity index is 1.55. The topological polar surface area (TPSA) is 67.6 Å². The van der Waals surface area contributed by atoms with Gasteiger partial charge in [0.1, 0.15) is 5.69 Å². The van der Waals surface area contributed by atoms with Crippen molar-refractivity contribution in [2.45, 2.75) is 0 Å². The number of hydrogen-bond donors (Lipinski definition) is 1. The number of para-hydroxylation sites is 1. The molecule has 1 aliphatic heterocycles. The Morgan fingerprint density at radius 2 is 2.00 bits per heavy atom. The van der Waals surface area contributed by atoms with Crippen LogP contribution in [0.5, 0.6) is 0 Å². The molecule has 0 bridgehead atoms. The lowest BCUT2D eigenvalue weighted by Crippen LogP contribution is -2.41.